The van der Waals surface area contributed by atoms with Crippen LogP contribution in [0.5, 0.6) is 0 Å². The van der Waals surface area contributed by atoms with Crippen LogP contribution in [0.25, 0.3) is 0 Å². The van der Waals surface area contributed by atoms with Crippen molar-refractivity contribution < 1.29 is 9.53 Å². The fraction of sp³-hybridized carbons (Fsp3) is 0.250. The second-order valence-corrected chi connectivity index (χ2v) is 5.58. The third kappa shape index (κ3) is 3.12. The number of ether oxygens (including phenoxy) is 1. The molecule has 0 spiro atoms. The molecule has 114 valence electrons. The van der Waals surface area contributed by atoms with E-state index in [2.05, 4.69) is 11.2 Å². The molecule has 0 aliphatic carbocycles. The Kier molecular flexibility index (Phi) is 5.14. The van der Waals surface area contributed by atoms with Crippen LogP contribution in [0.1, 0.15) is 25.3 Å². The predicted molar refractivity (Wildman–Crippen MR) is 90.5 cm³/mol. The van der Waals surface area contributed by atoms with Crippen molar-refractivity contribution in [2.75, 3.05) is 6.61 Å². The number of hydrogen-bond acceptors (Lipinski definition) is 4. The Morgan fingerprint density at radius 2 is 2.09 bits per heavy atom. The van der Waals surface area contributed by atoms with E-state index < -0.39 is 11.9 Å². The van der Waals surface area contributed by atoms with Gasteiger partial charge in [0.1, 0.15) is 4.99 Å². The zero-order valence-corrected chi connectivity index (χ0v) is 13.8. The summed E-state index contributed by atoms with van der Waals surface area (Å²) in [6.07, 6.45) is 0. The van der Waals surface area contributed by atoms with Crippen LogP contribution < -0.4 is 5.32 Å². The van der Waals surface area contributed by atoms with Crippen LogP contribution in [0.3, 0.4) is 0 Å². The van der Waals surface area contributed by atoms with Gasteiger partial charge in [-0.15, -0.1) is 0 Å². The lowest BCUT2D eigenvalue weighted by molar-refractivity contribution is -0.138. The standard InChI is InChI=1S/C16H15ClN2O2S/c1-3-21-16(20)13-9(2)19-15(22)12(8-18)14(13)10-4-6-11(17)7-5-10/h4-7,14,18H,3H2,1-2H3,(H,19,22). The predicted octanol–water partition coefficient (Wildman–Crippen LogP) is 3.37. The summed E-state index contributed by atoms with van der Waals surface area (Å²) in [5.41, 5.74) is 2.31. The number of nitrogens with one attached hydrogen (secondary N) is 2. The molecule has 1 aliphatic heterocycles. The molecule has 1 aromatic rings. The highest BCUT2D eigenvalue weighted by molar-refractivity contribution is 7.80. The van der Waals surface area contributed by atoms with Crippen LogP contribution in [0.2, 0.25) is 5.02 Å². The van der Waals surface area contributed by atoms with Gasteiger partial charge in [0.05, 0.1) is 23.7 Å². The molecule has 1 unspecified atom stereocenters. The van der Waals surface area contributed by atoms with E-state index in [1.807, 2.05) is 12.1 Å². The molecule has 2 N–H and O–H groups in total. The van der Waals surface area contributed by atoms with E-state index >= 15 is 0 Å². The molecule has 4 nitrogen and oxygen atoms in total. The summed E-state index contributed by atoms with van der Waals surface area (Å²) in [5.74, 6) is 1.44. The minimum Gasteiger partial charge on any atom is -0.463 e. The third-order valence-corrected chi connectivity index (χ3v) is 3.93. The first kappa shape index (κ1) is 16.4. The quantitative estimate of drug-likeness (QED) is 0.385. The van der Waals surface area contributed by atoms with Gasteiger partial charge in [-0.2, -0.15) is 0 Å². The Morgan fingerprint density at radius 3 is 2.64 bits per heavy atom. The maximum absolute atomic E-state index is 12.3. The van der Waals surface area contributed by atoms with Gasteiger partial charge in [-0.25, -0.2) is 4.79 Å². The van der Waals surface area contributed by atoms with Crippen LogP contribution in [0, 0.1) is 5.41 Å². The average molecular weight is 335 g/mol. The molecule has 2 rings (SSSR count). The first-order valence-electron chi connectivity index (χ1n) is 6.73. The SMILES string of the molecule is CCOC(=O)C1=C(C)NC(=S)C(=C=N)C1c1ccc(Cl)cc1. The third-order valence-electron chi connectivity index (χ3n) is 3.36. The van der Waals surface area contributed by atoms with Gasteiger partial charge in [-0.3, -0.25) is 5.41 Å². The molecule has 0 bridgehead atoms. The molecule has 0 radical (unpaired) electrons. The zero-order chi connectivity index (χ0) is 16.3. The van der Waals surface area contributed by atoms with Crippen molar-refractivity contribution in [1.82, 2.24) is 5.32 Å². The average Bonchev–Trinajstić information content (AvgIpc) is 2.47. The normalized spacial score (nSPS) is 17.9. The van der Waals surface area contributed by atoms with Crippen LogP contribution in [0.15, 0.2) is 41.1 Å². The minimum absolute atomic E-state index is 0.275. The van der Waals surface area contributed by atoms with Crippen molar-refractivity contribution in [3.63, 3.8) is 0 Å². The smallest absolute Gasteiger partial charge is 0.336 e. The molecule has 0 aromatic heterocycles. The monoisotopic (exact) mass is 334 g/mol. The van der Waals surface area contributed by atoms with Crippen LogP contribution in [-0.2, 0) is 9.53 Å². The molecule has 1 aromatic carbocycles. The highest BCUT2D eigenvalue weighted by Crippen LogP contribution is 2.36. The Balaban J connectivity index is 2.62. The van der Waals surface area contributed by atoms with E-state index in [1.165, 1.54) is 0 Å². The molecule has 0 fully saturated rings. The number of carbonyl (C=O) groups excluding carboxylic acids is 1. The second kappa shape index (κ2) is 6.88. The number of rotatable bonds is 3. The van der Waals surface area contributed by atoms with Crippen molar-refractivity contribution in [3.05, 3.63) is 51.7 Å². The summed E-state index contributed by atoms with van der Waals surface area (Å²) >= 11 is 11.2. The van der Waals surface area contributed by atoms with E-state index in [0.717, 1.165) is 5.56 Å². The summed E-state index contributed by atoms with van der Waals surface area (Å²) in [7, 11) is 0. The van der Waals surface area contributed by atoms with Gasteiger partial charge < -0.3 is 10.1 Å². The molecule has 0 amide bonds. The van der Waals surface area contributed by atoms with Gasteiger partial charge in [-0.05, 0) is 37.4 Å². The van der Waals surface area contributed by atoms with Crippen molar-refractivity contribution >= 4 is 40.6 Å². The molecule has 1 aliphatic rings. The minimum atomic E-state index is -0.484. The largest absolute Gasteiger partial charge is 0.463 e. The lowest BCUT2D eigenvalue weighted by Gasteiger charge is -2.29. The molecule has 1 heterocycles. The molecule has 6 heteroatoms. The number of benzene rings is 1. The fourth-order valence-corrected chi connectivity index (χ4v) is 2.84. The number of hydrogen-bond donors (Lipinski definition) is 2. The van der Waals surface area contributed by atoms with Gasteiger partial charge in [0, 0.05) is 10.7 Å². The van der Waals surface area contributed by atoms with Gasteiger partial charge in [0.15, 0.2) is 0 Å². The van der Waals surface area contributed by atoms with Crippen molar-refractivity contribution in [2.24, 2.45) is 0 Å². The number of carbonyl (C=O) groups is 1. The Bertz CT molecular complexity index is 703. The van der Waals surface area contributed by atoms with E-state index in [4.69, 9.17) is 34.0 Å². The van der Waals surface area contributed by atoms with E-state index in [1.54, 1.807) is 26.0 Å². The fourth-order valence-electron chi connectivity index (χ4n) is 2.39. The maximum Gasteiger partial charge on any atom is 0.336 e. The van der Waals surface area contributed by atoms with E-state index in [-0.39, 0.29) is 6.61 Å². The molecule has 0 saturated carbocycles. The Hall–Kier alpha value is -1.94. The molecular weight excluding hydrogens is 320 g/mol. The number of halogens is 1. The number of esters is 1. The van der Waals surface area contributed by atoms with E-state index in [9.17, 15) is 4.79 Å². The van der Waals surface area contributed by atoms with Crippen molar-refractivity contribution in [3.8, 4) is 0 Å². The zero-order valence-electron chi connectivity index (χ0n) is 12.2. The Morgan fingerprint density at radius 1 is 1.45 bits per heavy atom. The maximum atomic E-state index is 12.3. The summed E-state index contributed by atoms with van der Waals surface area (Å²) in [6, 6.07) is 7.10. The van der Waals surface area contributed by atoms with Gasteiger partial charge in [0.25, 0.3) is 0 Å². The highest BCUT2D eigenvalue weighted by Gasteiger charge is 2.35. The molecule has 0 saturated heterocycles. The summed E-state index contributed by atoms with van der Waals surface area (Å²) in [6.45, 7) is 3.79. The van der Waals surface area contributed by atoms with Gasteiger partial charge in [-0.1, -0.05) is 36.0 Å². The lowest BCUT2D eigenvalue weighted by atomic mass is 9.81. The Labute approximate surface area is 139 Å². The molecular formula is C16H15ClN2O2S. The van der Waals surface area contributed by atoms with Gasteiger partial charge in [0.2, 0.25) is 0 Å². The van der Waals surface area contributed by atoms with Crippen molar-refractivity contribution in [2.45, 2.75) is 19.8 Å². The summed E-state index contributed by atoms with van der Waals surface area (Å²) in [4.78, 5) is 12.7. The summed E-state index contributed by atoms with van der Waals surface area (Å²) in [5, 5.41) is 11.1. The van der Waals surface area contributed by atoms with Crippen LogP contribution in [-0.4, -0.2) is 23.4 Å². The molecule has 22 heavy (non-hydrogen) atoms. The first-order chi connectivity index (χ1) is 10.5. The molecule has 1 atom stereocenters. The van der Waals surface area contributed by atoms with E-state index in [0.29, 0.717) is 26.9 Å². The highest BCUT2D eigenvalue weighted by atomic mass is 35.5. The van der Waals surface area contributed by atoms with Crippen LogP contribution in [0.4, 0.5) is 0 Å². The topological polar surface area (TPSA) is 62.2 Å². The first-order valence-corrected chi connectivity index (χ1v) is 7.52. The lowest BCUT2D eigenvalue weighted by Crippen LogP contribution is -2.35. The number of thiocarbonyl (C=S) groups is 1. The number of allylic oxidation sites excluding steroid dienone is 1. The van der Waals surface area contributed by atoms with Gasteiger partial charge >= 0.3 is 5.97 Å². The van der Waals surface area contributed by atoms with Crippen LogP contribution >= 0.6 is 23.8 Å². The second-order valence-electron chi connectivity index (χ2n) is 4.74. The summed E-state index contributed by atoms with van der Waals surface area (Å²) < 4.78 is 5.15. The van der Waals surface area contributed by atoms with Crippen molar-refractivity contribution in [1.29, 1.82) is 5.41 Å².